The van der Waals surface area contributed by atoms with E-state index in [9.17, 15) is 9.18 Å². The van der Waals surface area contributed by atoms with Crippen LogP contribution in [0.3, 0.4) is 0 Å². The topological polar surface area (TPSA) is 89.1 Å². The first-order valence-electron chi connectivity index (χ1n) is 12.4. The van der Waals surface area contributed by atoms with Crippen molar-refractivity contribution in [3.05, 3.63) is 53.6 Å². The van der Waals surface area contributed by atoms with Gasteiger partial charge in [0.05, 0.1) is 35.4 Å². The Bertz CT molecular complexity index is 1310. The normalized spacial score (nSPS) is 21.6. The van der Waals surface area contributed by atoms with Gasteiger partial charge in [0.15, 0.2) is 6.79 Å². The second-order valence-corrected chi connectivity index (χ2v) is 9.96. The van der Waals surface area contributed by atoms with Crippen molar-refractivity contribution >= 4 is 40.0 Å². The van der Waals surface area contributed by atoms with Crippen molar-refractivity contribution in [3.63, 3.8) is 0 Å². The molecule has 2 bridgehead atoms. The minimum absolute atomic E-state index is 0.0254. The van der Waals surface area contributed by atoms with Crippen molar-refractivity contribution in [2.45, 2.75) is 37.5 Å². The molecule has 0 unspecified atom stereocenters. The van der Waals surface area contributed by atoms with Gasteiger partial charge in [-0.25, -0.2) is 19.2 Å². The van der Waals surface area contributed by atoms with E-state index in [4.69, 9.17) is 25.8 Å². The number of nitrogens with zero attached hydrogens (tertiary/aromatic N) is 4. The third-order valence-electron chi connectivity index (χ3n) is 7.18. The number of piperidine rings is 1. The van der Waals surface area contributed by atoms with Gasteiger partial charge in [-0.05, 0) is 55.7 Å². The van der Waals surface area contributed by atoms with Gasteiger partial charge in [-0.3, -0.25) is 0 Å². The van der Waals surface area contributed by atoms with Crippen LogP contribution in [-0.2, 0) is 9.47 Å². The highest BCUT2D eigenvalue weighted by Gasteiger charge is 2.43. The number of hydrogen-bond acceptors (Lipinski definition) is 7. The van der Waals surface area contributed by atoms with Gasteiger partial charge >= 0.3 is 6.03 Å². The zero-order valence-corrected chi connectivity index (χ0v) is 20.9. The zero-order chi connectivity index (χ0) is 25.4. The maximum absolute atomic E-state index is 13.5. The van der Waals surface area contributed by atoms with Gasteiger partial charge in [-0.1, -0.05) is 11.6 Å². The number of aromatic nitrogens is 2. The highest BCUT2D eigenvalue weighted by Crippen LogP contribution is 2.30. The quantitative estimate of drug-likeness (QED) is 0.469. The van der Waals surface area contributed by atoms with Crippen LogP contribution in [0, 0.1) is 5.82 Å². The van der Waals surface area contributed by atoms with Crippen molar-refractivity contribution in [2.75, 3.05) is 38.4 Å². The highest BCUT2D eigenvalue weighted by atomic mass is 35.5. The molecular weight excluding hydrogens is 501 g/mol. The molecule has 0 saturated carbocycles. The van der Waals surface area contributed by atoms with Gasteiger partial charge in [0.2, 0.25) is 0 Å². The Labute approximate surface area is 218 Å². The second kappa shape index (κ2) is 10.3. The van der Waals surface area contributed by atoms with Crippen LogP contribution in [-0.4, -0.2) is 77.1 Å². The van der Waals surface area contributed by atoms with E-state index < -0.39 is 5.82 Å². The van der Waals surface area contributed by atoms with Gasteiger partial charge in [-0.15, -0.1) is 0 Å². The molecule has 6 rings (SSSR count). The lowest BCUT2D eigenvalue weighted by atomic mass is 10.1. The number of halogens is 2. The maximum atomic E-state index is 13.5. The summed E-state index contributed by atoms with van der Waals surface area (Å²) in [5.74, 6) is 0.677. The molecule has 3 aliphatic heterocycles. The van der Waals surface area contributed by atoms with Gasteiger partial charge in [0.1, 0.15) is 23.7 Å². The predicted octanol–water partition coefficient (Wildman–Crippen LogP) is 4.58. The Kier molecular flexibility index (Phi) is 6.71. The molecule has 11 heteroatoms. The van der Waals surface area contributed by atoms with Gasteiger partial charge in [-0.2, -0.15) is 0 Å². The van der Waals surface area contributed by atoms with E-state index in [0.717, 1.165) is 30.2 Å². The molecular formula is C26H27ClFN5O4. The smallest absolute Gasteiger partial charge is 0.320 e. The molecule has 4 heterocycles. The number of ether oxygens (including phenoxy) is 3. The average molecular weight is 528 g/mol. The molecule has 3 aromatic rings. The Morgan fingerprint density at radius 2 is 2.05 bits per heavy atom. The summed E-state index contributed by atoms with van der Waals surface area (Å²) in [7, 11) is 0. The number of fused-ring (bicyclic) bond motifs is 3. The minimum atomic E-state index is -0.485. The summed E-state index contributed by atoms with van der Waals surface area (Å²) in [4.78, 5) is 25.4. The average Bonchev–Trinajstić information content (AvgIpc) is 3.55. The van der Waals surface area contributed by atoms with Crippen LogP contribution >= 0.6 is 11.6 Å². The van der Waals surface area contributed by atoms with E-state index in [1.165, 1.54) is 18.5 Å². The Morgan fingerprint density at radius 1 is 1.19 bits per heavy atom. The molecule has 37 heavy (non-hydrogen) atoms. The van der Waals surface area contributed by atoms with Crippen molar-refractivity contribution in [1.82, 2.24) is 19.8 Å². The molecule has 2 atom stereocenters. The Balaban J connectivity index is 1.02. The minimum Gasteiger partial charge on any atom is -0.468 e. The number of nitrogens with one attached hydrogen (secondary N) is 1. The summed E-state index contributed by atoms with van der Waals surface area (Å²) >= 11 is 5.90. The molecule has 0 spiro atoms. The van der Waals surface area contributed by atoms with E-state index >= 15 is 0 Å². The number of benzene rings is 2. The third kappa shape index (κ3) is 5.14. The molecule has 9 nitrogen and oxygen atoms in total. The summed E-state index contributed by atoms with van der Waals surface area (Å²) in [5.41, 5.74) is 1.34. The van der Waals surface area contributed by atoms with E-state index in [1.807, 2.05) is 28.0 Å². The van der Waals surface area contributed by atoms with Crippen molar-refractivity contribution in [1.29, 1.82) is 0 Å². The lowest BCUT2D eigenvalue weighted by Crippen LogP contribution is -2.51. The summed E-state index contributed by atoms with van der Waals surface area (Å²) in [6.45, 7) is 2.81. The van der Waals surface area contributed by atoms with Crippen molar-refractivity contribution < 1.29 is 23.4 Å². The lowest BCUT2D eigenvalue weighted by Gasteiger charge is -2.37. The van der Waals surface area contributed by atoms with Gasteiger partial charge in [0.25, 0.3) is 0 Å². The molecule has 2 amide bonds. The number of morpholine rings is 1. The SMILES string of the molecule is O=C(N1CCC(OCOc2ccc3ncnc(Nc4ccc(F)c(Cl)c4)c3c2)CC1)N1C[C@@H]2C[C@H]1CO2. The number of carbonyl (C=O) groups excluding carboxylic acids is 1. The van der Waals surface area contributed by atoms with Crippen molar-refractivity contribution in [2.24, 2.45) is 0 Å². The summed E-state index contributed by atoms with van der Waals surface area (Å²) in [5, 5.41) is 3.93. The second-order valence-electron chi connectivity index (χ2n) is 9.55. The monoisotopic (exact) mass is 527 g/mol. The number of rotatable bonds is 6. The molecule has 0 radical (unpaired) electrons. The number of likely N-dealkylation sites (tertiary alicyclic amines) is 2. The number of amides is 2. The predicted molar refractivity (Wildman–Crippen MR) is 136 cm³/mol. The van der Waals surface area contributed by atoms with Gasteiger partial charge < -0.3 is 29.3 Å². The van der Waals surface area contributed by atoms with Crippen LogP contribution in [0.4, 0.5) is 20.7 Å². The first kappa shape index (κ1) is 24.1. The molecule has 194 valence electrons. The summed E-state index contributed by atoms with van der Waals surface area (Å²) in [6.07, 6.45) is 4.20. The standard InChI is InChI=1S/C26H27ClFN5O4/c27-22-9-16(1-3-23(22)28)31-25-21-11-19(2-4-24(21)29-14-30-25)37-15-36-18-5-7-32(8-6-18)26(34)33-12-20-10-17(33)13-35-20/h1-4,9,11,14,17-18,20H,5-8,10,12-13,15H2,(H,29,30,31)/t17-,20-/m0/s1. The van der Waals surface area contributed by atoms with E-state index in [2.05, 4.69) is 15.3 Å². The van der Waals surface area contributed by atoms with E-state index in [1.54, 1.807) is 6.07 Å². The maximum Gasteiger partial charge on any atom is 0.320 e. The fourth-order valence-electron chi connectivity index (χ4n) is 5.16. The molecule has 3 saturated heterocycles. The van der Waals surface area contributed by atoms with E-state index in [-0.39, 0.29) is 36.1 Å². The summed E-state index contributed by atoms with van der Waals surface area (Å²) in [6, 6.07) is 10.2. The molecule has 2 aromatic carbocycles. The molecule has 1 N–H and O–H groups in total. The van der Waals surface area contributed by atoms with Gasteiger partial charge in [0, 0.05) is 30.7 Å². The summed E-state index contributed by atoms with van der Waals surface area (Å²) < 4.78 is 30.9. The van der Waals surface area contributed by atoms with Crippen LogP contribution in [0.1, 0.15) is 19.3 Å². The molecule has 1 aromatic heterocycles. The lowest BCUT2D eigenvalue weighted by molar-refractivity contribution is -0.0572. The van der Waals surface area contributed by atoms with Crippen LogP contribution in [0.5, 0.6) is 5.75 Å². The first-order valence-corrected chi connectivity index (χ1v) is 12.8. The Morgan fingerprint density at radius 3 is 2.81 bits per heavy atom. The Hall–Kier alpha value is -3.21. The molecule has 3 fully saturated rings. The largest absolute Gasteiger partial charge is 0.468 e. The fraction of sp³-hybridized carbons (Fsp3) is 0.423. The number of carbonyl (C=O) groups is 1. The van der Waals surface area contributed by atoms with Crippen LogP contribution < -0.4 is 10.1 Å². The van der Waals surface area contributed by atoms with E-state index in [0.29, 0.717) is 43.5 Å². The number of urea groups is 1. The van der Waals surface area contributed by atoms with Crippen LogP contribution in [0.15, 0.2) is 42.7 Å². The van der Waals surface area contributed by atoms with Crippen LogP contribution in [0.25, 0.3) is 10.9 Å². The third-order valence-corrected chi connectivity index (χ3v) is 7.47. The zero-order valence-electron chi connectivity index (χ0n) is 20.1. The fourth-order valence-corrected chi connectivity index (χ4v) is 5.34. The number of hydrogen-bond donors (Lipinski definition) is 1. The highest BCUT2D eigenvalue weighted by molar-refractivity contribution is 6.31. The van der Waals surface area contributed by atoms with Crippen LogP contribution in [0.2, 0.25) is 5.02 Å². The van der Waals surface area contributed by atoms with Crippen molar-refractivity contribution in [3.8, 4) is 5.75 Å². The number of anilines is 2. The molecule has 3 aliphatic rings. The molecule has 0 aliphatic carbocycles. The first-order chi connectivity index (χ1) is 18.0.